The molecule has 1 saturated carbocycles. The summed E-state index contributed by atoms with van der Waals surface area (Å²) < 4.78 is 26.0. The van der Waals surface area contributed by atoms with E-state index in [9.17, 15) is 8.78 Å². The molecule has 0 aromatic heterocycles. The van der Waals surface area contributed by atoms with Crippen LogP contribution in [0.2, 0.25) is 0 Å². The Labute approximate surface area is 65.2 Å². The molecule has 1 nitrogen and oxygen atoms in total. The van der Waals surface area contributed by atoms with Crippen molar-refractivity contribution < 1.29 is 8.78 Å². The SMILES string of the molecule is FC1(F)CNCC1C1CCC1. The maximum absolute atomic E-state index is 13.0. The molecule has 1 aliphatic heterocycles. The van der Waals surface area contributed by atoms with Crippen molar-refractivity contribution in [1.29, 1.82) is 0 Å². The van der Waals surface area contributed by atoms with Crippen molar-refractivity contribution >= 4 is 0 Å². The van der Waals surface area contributed by atoms with Crippen LogP contribution in [0.4, 0.5) is 8.78 Å². The minimum absolute atomic E-state index is 0.103. The van der Waals surface area contributed by atoms with Crippen molar-refractivity contribution in [3.05, 3.63) is 0 Å². The van der Waals surface area contributed by atoms with Crippen LogP contribution in [0.3, 0.4) is 0 Å². The molecule has 0 bridgehead atoms. The summed E-state index contributed by atoms with van der Waals surface area (Å²) in [7, 11) is 0. The molecule has 1 saturated heterocycles. The Hall–Kier alpha value is -0.180. The zero-order valence-electron chi connectivity index (χ0n) is 6.45. The number of rotatable bonds is 1. The average Bonchev–Trinajstić information content (AvgIpc) is 2.07. The second-order valence-electron chi connectivity index (χ2n) is 3.69. The van der Waals surface area contributed by atoms with E-state index in [1.165, 1.54) is 0 Å². The highest BCUT2D eigenvalue weighted by Gasteiger charge is 2.48. The van der Waals surface area contributed by atoms with Crippen LogP contribution in [-0.2, 0) is 0 Å². The largest absolute Gasteiger partial charge is 0.311 e. The van der Waals surface area contributed by atoms with Crippen LogP contribution >= 0.6 is 0 Å². The number of hydrogen-bond donors (Lipinski definition) is 1. The quantitative estimate of drug-likeness (QED) is 0.616. The van der Waals surface area contributed by atoms with E-state index in [4.69, 9.17) is 0 Å². The molecule has 1 heterocycles. The summed E-state index contributed by atoms with van der Waals surface area (Å²) in [5.74, 6) is -2.48. The maximum Gasteiger partial charge on any atom is 0.264 e. The van der Waals surface area contributed by atoms with Crippen LogP contribution in [0, 0.1) is 11.8 Å². The molecule has 2 fully saturated rings. The van der Waals surface area contributed by atoms with Crippen molar-refractivity contribution in [3.8, 4) is 0 Å². The molecule has 0 aromatic carbocycles. The fourth-order valence-electron chi connectivity index (χ4n) is 2.03. The molecule has 3 heteroatoms. The molecule has 0 spiro atoms. The van der Waals surface area contributed by atoms with Gasteiger partial charge in [0.1, 0.15) is 0 Å². The lowest BCUT2D eigenvalue weighted by Crippen LogP contribution is -2.35. The van der Waals surface area contributed by atoms with Gasteiger partial charge >= 0.3 is 0 Å². The van der Waals surface area contributed by atoms with E-state index >= 15 is 0 Å². The average molecular weight is 161 g/mol. The van der Waals surface area contributed by atoms with E-state index in [-0.39, 0.29) is 12.5 Å². The molecule has 1 unspecified atom stereocenters. The van der Waals surface area contributed by atoms with E-state index in [2.05, 4.69) is 5.32 Å². The molecule has 1 aliphatic carbocycles. The van der Waals surface area contributed by atoms with Crippen LogP contribution in [0.25, 0.3) is 0 Å². The van der Waals surface area contributed by atoms with Gasteiger partial charge in [-0.3, -0.25) is 0 Å². The topological polar surface area (TPSA) is 12.0 Å². The lowest BCUT2D eigenvalue weighted by Gasteiger charge is -2.33. The highest BCUT2D eigenvalue weighted by Crippen LogP contribution is 2.42. The Morgan fingerprint density at radius 3 is 2.36 bits per heavy atom. The molecule has 11 heavy (non-hydrogen) atoms. The summed E-state index contributed by atoms with van der Waals surface area (Å²) in [6.07, 6.45) is 3.18. The Balaban J connectivity index is 2.00. The zero-order chi connectivity index (χ0) is 7.90. The van der Waals surface area contributed by atoms with Crippen LogP contribution in [0.15, 0.2) is 0 Å². The Morgan fingerprint density at radius 1 is 1.27 bits per heavy atom. The van der Waals surface area contributed by atoms with Gasteiger partial charge in [-0.2, -0.15) is 0 Å². The zero-order valence-corrected chi connectivity index (χ0v) is 6.45. The second-order valence-corrected chi connectivity index (χ2v) is 3.69. The third-order valence-electron chi connectivity index (χ3n) is 2.99. The highest BCUT2D eigenvalue weighted by molar-refractivity contribution is 4.94. The summed E-state index contributed by atoms with van der Waals surface area (Å²) in [5, 5.41) is 2.76. The fraction of sp³-hybridized carbons (Fsp3) is 1.00. The van der Waals surface area contributed by atoms with Gasteiger partial charge in [0.2, 0.25) is 0 Å². The van der Waals surface area contributed by atoms with Crippen LogP contribution in [0.5, 0.6) is 0 Å². The van der Waals surface area contributed by atoms with Gasteiger partial charge in [0, 0.05) is 12.5 Å². The predicted octanol–water partition coefficient (Wildman–Crippen LogP) is 1.64. The van der Waals surface area contributed by atoms with Gasteiger partial charge in [0.05, 0.1) is 6.54 Å². The van der Waals surface area contributed by atoms with E-state index < -0.39 is 5.92 Å². The molecule has 64 valence electrons. The lowest BCUT2D eigenvalue weighted by molar-refractivity contribution is -0.0569. The van der Waals surface area contributed by atoms with Crippen molar-refractivity contribution in [3.63, 3.8) is 0 Å². The smallest absolute Gasteiger partial charge is 0.264 e. The monoisotopic (exact) mass is 161 g/mol. The lowest BCUT2D eigenvalue weighted by atomic mass is 9.74. The van der Waals surface area contributed by atoms with Gasteiger partial charge in [-0.25, -0.2) is 8.78 Å². The van der Waals surface area contributed by atoms with Crippen molar-refractivity contribution in [2.45, 2.75) is 25.2 Å². The van der Waals surface area contributed by atoms with Gasteiger partial charge in [-0.15, -0.1) is 0 Å². The first-order valence-corrected chi connectivity index (χ1v) is 4.29. The maximum atomic E-state index is 13.0. The third-order valence-corrected chi connectivity index (χ3v) is 2.99. The molecule has 0 amide bonds. The Kier molecular flexibility index (Phi) is 1.63. The van der Waals surface area contributed by atoms with Gasteiger partial charge in [0.15, 0.2) is 0 Å². The van der Waals surface area contributed by atoms with Crippen molar-refractivity contribution in [2.24, 2.45) is 11.8 Å². The minimum atomic E-state index is -2.43. The first-order chi connectivity index (χ1) is 5.20. The van der Waals surface area contributed by atoms with E-state index in [0.717, 1.165) is 19.3 Å². The molecule has 2 aliphatic rings. The minimum Gasteiger partial charge on any atom is -0.311 e. The normalized spacial score (nSPS) is 37.1. The standard InChI is InChI=1S/C8H13F2N/c9-8(10)5-11-4-7(8)6-2-1-3-6/h6-7,11H,1-5H2. The van der Waals surface area contributed by atoms with Crippen LogP contribution in [-0.4, -0.2) is 19.0 Å². The summed E-state index contributed by atoms with van der Waals surface area (Å²) in [6.45, 7) is 0.422. The molecule has 1 N–H and O–H groups in total. The predicted molar refractivity (Wildman–Crippen MR) is 38.6 cm³/mol. The molecule has 0 radical (unpaired) electrons. The first kappa shape index (κ1) is 7.47. The summed E-state index contributed by atoms with van der Waals surface area (Å²) in [4.78, 5) is 0. The van der Waals surface area contributed by atoms with E-state index in [1.807, 2.05) is 0 Å². The molecule has 2 rings (SSSR count). The van der Waals surface area contributed by atoms with Gasteiger partial charge in [-0.1, -0.05) is 6.42 Å². The Morgan fingerprint density at radius 2 is 2.00 bits per heavy atom. The van der Waals surface area contributed by atoms with Crippen LogP contribution < -0.4 is 5.32 Å². The first-order valence-electron chi connectivity index (χ1n) is 4.29. The van der Waals surface area contributed by atoms with Crippen LogP contribution in [0.1, 0.15) is 19.3 Å². The Bertz CT molecular complexity index is 154. The number of alkyl halides is 2. The highest BCUT2D eigenvalue weighted by atomic mass is 19.3. The van der Waals surface area contributed by atoms with Crippen molar-refractivity contribution in [2.75, 3.05) is 13.1 Å². The molecular weight excluding hydrogens is 148 g/mol. The van der Waals surface area contributed by atoms with E-state index in [1.54, 1.807) is 0 Å². The summed E-state index contributed by atoms with van der Waals surface area (Å²) in [6, 6.07) is 0. The van der Waals surface area contributed by atoms with E-state index in [0.29, 0.717) is 12.5 Å². The second kappa shape index (κ2) is 2.41. The third kappa shape index (κ3) is 1.15. The van der Waals surface area contributed by atoms with Gasteiger partial charge in [-0.05, 0) is 18.8 Å². The summed E-state index contributed by atoms with van der Waals surface area (Å²) >= 11 is 0. The van der Waals surface area contributed by atoms with Crippen molar-refractivity contribution in [1.82, 2.24) is 5.32 Å². The van der Waals surface area contributed by atoms with Gasteiger partial charge in [0.25, 0.3) is 5.92 Å². The molecule has 1 atom stereocenters. The van der Waals surface area contributed by atoms with Gasteiger partial charge < -0.3 is 5.32 Å². The summed E-state index contributed by atoms with van der Waals surface area (Å²) in [5.41, 5.74) is 0. The molecular formula is C8H13F2N. The number of halogens is 2. The number of nitrogens with one attached hydrogen (secondary N) is 1. The number of hydrogen-bond acceptors (Lipinski definition) is 1. The molecule has 0 aromatic rings. The fourth-order valence-corrected chi connectivity index (χ4v) is 2.03.